The number of anilines is 1. The van der Waals surface area contributed by atoms with E-state index < -0.39 is 0 Å². The van der Waals surface area contributed by atoms with Crippen LogP contribution in [0.5, 0.6) is 0 Å². The Hall–Kier alpha value is -2.42. The number of rotatable bonds is 3. The normalized spacial score (nSPS) is 10.8. The third-order valence-corrected chi connectivity index (χ3v) is 2.79. The van der Waals surface area contributed by atoms with Crippen LogP contribution in [0.2, 0.25) is 0 Å². The molecule has 0 spiro atoms. The molecule has 1 amide bonds. The summed E-state index contributed by atoms with van der Waals surface area (Å²) in [5.74, 6) is -0.499. The molecule has 0 aliphatic rings. The first-order valence-corrected chi connectivity index (χ1v) is 6.36. The van der Waals surface area contributed by atoms with Crippen LogP contribution in [0, 0.1) is 19.7 Å². The van der Waals surface area contributed by atoms with E-state index in [1.807, 2.05) is 32.0 Å². The van der Waals surface area contributed by atoms with Crippen molar-refractivity contribution in [2.45, 2.75) is 13.8 Å². The lowest BCUT2D eigenvalue weighted by Gasteiger charge is -2.05. The minimum atomic E-state index is -0.290. The predicted molar refractivity (Wildman–Crippen MR) is 80.0 cm³/mol. The van der Waals surface area contributed by atoms with Crippen LogP contribution in [0.25, 0.3) is 6.08 Å². The second kappa shape index (κ2) is 6.15. The molecule has 2 aromatic carbocycles. The van der Waals surface area contributed by atoms with Crippen molar-refractivity contribution in [2.75, 3.05) is 5.32 Å². The van der Waals surface area contributed by atoms with E-state index in [0.29, 0.717) is 0 Å². The molecule has 0 aromatic heterocycles. The zero-order valence-corrected chi connectivity index (χ0v) is 11.5. The number of nitrogens with one attached hydrogen (secondary N) is 1. The molecular formula is C17H16FNO. The van der Waals surface area contributed by atoms with Crippen LogP contribution in [0.4, 0.5) is 10.1 Å². The van der Waals surface area contributed by atoms with Crippen LogP contribution in [-0.2, 0) is 4.79 Å². The van der Waals surface area contributed by atoms with E-state index in [-0.39, 0.29) is 11.7 Å². The summed E-state index contributed by atoms with van der Waals surface area (Å²) in [5, 5.41) is 2.81. The molecule has 0 heterocycles. The van der Waals surface area contributed by atoms with E-state index in [2.05, 4.69) is 5.32 Å². The fraction of sp³-hybridized carbons (Fsp3) is 0.118. The van der Waals surface area contributed by atoms with Gasteiger partial charge in [0.2, 0.25) is 5.91 Å². The molecule has 0 radical (unpaired) electrons. The van der Waals surface area contributed by atoms with Crippen molar-refractivity contribution in [1.82, 2.24) is 0 Å². The van der Waals surface area contributed by atoms with Gasteiger partial charge in [0.25, 0.3) is 0 Å². The molecule has 0 bridgehead atoms. The lowest BCUT2D eigenvalue weighted by molar-refractivity contribution is -0.111. The maximum absolute atomic E-state index is 12.7. The first-order valence-electron chi connectivity index (χ1n) is 6.36. The van der Waals surface area contributed by atoms with Gasteiger partial charge in [0.05, 0.1) is 0 Å². The highest BCUT2D eigenvalue weighted by Crippen LogP contribution is 2.14. The third kappa shape index (κ3) is 4.05. The van der Waals surface area contributed by atoms with Gasteiger partial charge in [0.1, 0.15) is 5.82 Å². The molecule has 20 heavy (non-hydrogen) atoms. The second-order valence-electron chi connectivity index (χ2n) is 4.75. The smallest absolute Gasteiger partial charge is 0.248 e. The second-order valence-corrected chi connectivity index (χ2v) is 4.75. The number of carbonyl (C=O) groups is 1. The van der Waals surface area contributed by atoms with Crippen LogP contribution in [0.15, 0.2) is 48.5 Å². The summed E-state index contributed by atoms with van der Waals surface area (Å²) in [6.45, 7) is 3.97. The van der Waals surface area contributed by atoms with Crippen molar-refractivity contribution in [3.8, 4) is 0 Å². The number of carbonyl (C=O) groups excluding carboxylic acids is 1. The minimum Gasteiger partial charge on any atom is -0.322 e. The van der Waals surface area contributed by atoms with E-state index in [9.17, 15) is 9.18 Å². The molecule has 0 fully saturated rings. The van der Waals surface area contributed by atoms with Gasteiger partial charge in [-0.3, -0.25) is 4.79 Å². The number of amides is 1. The molecule has 102 valence electrons. The van der Waals surface area contributed by atoms with Crippen molar-refractivity contribution < 1.29 is 9.18 Å². The molecule has 2 rings (SSSR count). The summed E-state index contributed by atoms with van der Waals surface area (Å²) in [6, 6.07) is 11.8. The largest absolute Gasteiger partial charge is 0.322 e. The van der Waals surface area contributed by atoms with Gasteiger partial charge >= 0.3 is 0 Å². The topological polar surface area (TPSA) is 29.1 Å². The molecule has 0 aliphatic carbocycles. The number of benzene rings is 2. The Morgan fingerprint density at radius 1 is 1.05 bits per heavy atom. The average molecular weight is 269 g/mol. The van der Waals surface area contributed by atoms with E-state index in [1.165, 1.54) is 18.2 Å². The Labute approximate surface area is 118 Å². The lowest BCUT2D eigenvalue weighted by atomic mass is 10.1. The number of hydrogen-bond donors (Lipinski definition) is 1. The summed E-state index contributed by atoms with van der Waals surface area (Å²) in [4.78, 5) is 11.8. The van der Waals surface area contributed by atoms with Gasteiger partial charge in [-0.05, 0) is 60.9 Å². The zero-order chi connectivity index (χ0) is 14.5. The molecule has 0 unspecified atom stereocenters. The van der Waals surface area contributed by atoms with Gasteiger partial charge < -0.3 is 5.32 Å². The molecule has 0 saturated carbocycles. The van der Waals surface area contributed by atoms with Crippen molar-refractivity contribution >= 4 is 17.7 Å². The van der Waals surface area contributed by atoms with Gasteiger partial charge in [-0.25, -0.2) is 4.39 Å². The van der Waals surface area contributed by atoms with Crippen molar-refractivity contribution in [3.63, 3.8) is 0 Å². The van der Waals surface area contributed by atoms with Crippen LogP contribution in [0.3, 0.4) is 0 Å². The van der Waals surface area contributed by atoms with E-state index >= 15 is 0 Å². The Balaban J connectivity index is 2.03. The fourth-order valence-electron chi connectivity index (χ4n) is 1.98. The van der Waals surface area contributed by atoms with Gasteiger partial charge in [0.15, 0.2) is 0 Å². The van der Waals surface area contributed by atoms with Crippen LogP contribution < -0.4 is 5.32 Å². The monoisotopic (exact) mass is 269 g/mol. The molecule has 0 atom stereocenters. The van der Waals surface area contributed by atoms with E-state index in [1.54, 1.807) is 18.2 Å². The number of hydrogen-bond acceptors (Lipinski definition) is 1. The third-order valence-electron chi connectivity index (χ3n) is 2.79. The van der Waals surface area contributed by atoms with Gasteiger partial charge in [-0.1, -0.05) is 18.2 Å². The minimum absolute atomic E-state index is 0.209. The maximum Gasteiger partial charge on any atom is 0.248 e. The van der Waals surface area contributed by atoms with Crippen molar-refractivity contribution in [3.05, 3.63) is 71.0 Å². The molecular weight excluding hydrogens is 253 g/mol. The summed E-state index contributed by atoms with van der Waals surface area (Å²) < 4.78 is 12.7. The molecule has 1 N–H and O–H groups in total. The molecule has 2 aromatic rings. The maximum atomic E-state index is 12.7. The van der Waals surface area contributed by atoms with Crippen molar-refractivity contribution in [2.24, 2.45) is 0 Å². The van der Waals surface area contributed by atoms with Crippen LogP contribution in [0.1, 0.15) is 16.7 Å². The highest BCUT2D eigenvalue weighted by Gasteiger charge is 1.99. The van der Waals surface area contributed by atoms with Crippen LogP contribution >= 0.6 is 0 Å². The van der Waals surface area contributed by atoms with E-state index in [0.717, 1.165) is 22.4 Å². The number of aryl methyl sites for hydroxylation is 2. The molecule has 0 saturated heterocycles. The first kappa shape index (κ1) is 14.0. The van der Waals surface area contributed by atoms with Gasteiger partial charge in [-0.15, -0.1) is 0 Å². The summed E-state index contributed by atoms with van der Waals surface area (Å²) >= 11 is 0. The van der Waals surface area contributed by atoms with Gasteiger partial charge in [-0.2, -0.15) is 0 Å². The standard InChI is InChI=1S/C17H16FNO/c1-12-9-13(2)11-16(10-12)19-17(20)8-5-14-3-6-15(18)7-4-14/h3-11H,1-2H3,(H,19,20). The number of halogens is 1. The Morgan fingerprint density at radius 3 is 2.25 bits per heavy atom. The van der Waals surface area contributed by atoms with Crippen molar-refractivity contribution in [1.29, 1.82) is 0 Å². The Bertz CT molecular complexity index is 624. The SMILES string of the molecule is Cc1cc(C)cc(NC(=O)C=Cc2ccc(F)cc2)c1. The summed E-state index contributed by atoms with van der Waals surface area (Å²) in [6.07, 6.45) is 3.09. The van der Waals surface area contributed by atoms with Gasteiger partial charge in [0, 0.05) is 11.8 Å². The van der Waals surface area contributed by atoms with Crippen LogP contribution in [-0.4, -0.2) is 5.91 Å². The highest BCUT2D eigenvalue weighted by molar-refractivity contribution is 6.02. The predicted octanol–water partition coefficient (Wildman–Crippen LogP) is 4.09. The Morgan fingerprint density at radius 2 is 1.65 bits per heavy atom. The zero-order valence-electron chi connectivity index (χ0n) is 11.5. The molecule has 2 nitrogen and oxygen atoms in total. The molecule has 0 aliphatic heterocycles. The first-order chi connectivity index (χ1) is 9.52. The average Bonchev–Trinajstić information content (AvgIpc) is 2.37. The summed E-state index contributed by atoms with van der Waals surface area (Å²) in [7, 11) is 0. The fourth-order valence-corrected chi connectivity index (χ4v) is 1.98. The quantitative estimate of drug-likeness (QED) is 0.835. The molecule has 3 heteroatoms. The highest BCUT2D eigenvalue weighted by atomic mass is 19.1. The van der Waals surface area contributed by atoms with E-state index in [4.69, 9.17) is 0 Å². The Kier molecular flexibility index (Phi) is 4.31. The summed E-state index contributed by atoms with van der Waals surface area (Å²) in [5.41, 5.74) is 3.75. The lowest BCUT2D eigenvalue weighted by Crippen LogP contribution is -2.08.